The maximum absolute atomic E-state index is 12.6. The van der Waals surface area contributed by atoms with E-state index in [-0.39, 0.29) is 24.4 Å². The molecule has 4 heteroatoms. The van der Waals surface area contributed by atoms with Crippen molar-refractivity contribution in [2.24, 2.45) is 5.73 Å². The minimum Gasteiger partial charge on any atom is -0.351 e. The highest BCUT2D eigenvalue weighted by molar-refractivity contribution is 5.87. The predicted molar refractivity (Wildman–Crippen MR) is 97.6 cm³/mol. The lowest BCUT2D eigenvalue weighted by molar-refractivity contribution is -0.126. The molecule has 2 unspecified atom stereocenters. The van der Waals surface area contributed by atoms with E-state index in [0.717, 1.165) is 18.4 Å². The molecule has 2 aromatic carbocycles. The van der Waals surface area contributed by atoms with Gasteiger partial charge in [-0.05, 0) is 30.9 Å². The van der Waals surface area contributed by atoms with Crippen LogP contribution < -0.4 is 11.1 Å². The number of carbonyl (C=O) groups is 1. The maximum atomic E-state index is 12.6. The third-order valence-corrected chi connectivity index (χ3v) is 4.00. The number of nitrogens with two attached hydrogens (primary N) is 1. The van der Waals surface area contributed by atoms with E-state index in [2.05, 4.69) is 24.4 Å². The van der Waals surface area contributed by atoms with Crippen molar-refractivity contribution >= 4 is 18.3 Å². The Kier molecular flexibility index (Phi) is 7.27. The van der Waals surface area contributed by atoms with Gasteiger partial charge in [0, 0.05) is 6.04 Å². The van der Waals surface area contributed by atoms with Gasteiger partial charge in [-0.3, -0.25) is 4.79 Å². The Balaban J connectivity index is 0.00000264. The van der Waals surface area contributed by atoms with E-state index in [1.54, 1.807) is 6.92 Å². The van der Waals surface area contributed by atoms with Gasteiger partial charge in [-0.2, -0.15) is 0 Å². The van der Waals surface area contributed by atoms with Gasteiger partial charge in [0.25, 0.3) is 0 Å². The van der Waals surface area contributed by atoms with E-state index in [9.17, 15) is 4.79 Å². The fourth-order valence-electron chi connectivity index (χ4n) is 2.45. The lowest BCUT2D eigenvalue weighted by Crippen LogP contribution is -2.52. The molecule has 0 bridgehead atoms. The van der Waals surface area contributed by atoms with Crippen molar-refractivity contribution in [1.29, 1.82) is 0 Å². The van der Waals surface area contributed by atoms with Crippen LogP contribution in [0, 0.1) is 0 Å². The summed E-state index contributed by atoms with van der Waals surface area (Å²) in [5.74, 6) is -0.138. The SMILES string of the molecule is CCC(Cc1ccccc1)NC(=O)C(C)(N)c1ccccc1.Cl. The normalized spacial score (nSPS) is 14.2. The number of rotatable bonds is 6. The molecular formula is C19H25ClN2O. The average Bonchev–Trinajstić information content (AvgIpc) is 2.55. The van der Waals surface area contributed by atoms with Crippen molar-refractivity contribution in [3.8, 4) is 0 Å². The van der Waals surface area contributed by atoms with Crippen molar-refractivity contribution in [1.82, 2.24) is 5.32 Å². The van der Waals surface area contributed by atoms with Gasteiger partial charge in [0.2, 0.25) is 5.91 Å². The van der Waals surface area contributed by atoms with Gasteiger partial charge in [0.1, 0.15) is 5.54 Å². The molecule has 3 N–H and O–H groups in total. The van der Waals surface area contributed by atoms with Crippen LogP contribution in [-0.2, 0) is 16.8 Å². The van der Waals surface area contributed by atoms with Crippen LogP contribution in [-0.4, -0.2) is 11.9 Å². The van der Waals surface area contributed by atoms with Crippen LogP contribution in [0.15, 0.2) is 60.7 Å². The zero-order valence-corrected chi connectivity index (χ0v) is 14.5. The van der Waals surface area contributed by atoms with Gasteiger partial charge in [-0.15, -0.1) is 12.4 Å². The van der Waals surface area contributed by atoms with Gasteiger partial charge in [-0.1, -0.05) is 67.6 Å². The molecule has 0 spiro atoms. The summed E-state index contributed by atoms with van der Waals surface area (Å²) in [7, 11) is 0. The summed E-state index contributed by atoms with van der Waals surface area (Å²) < 4.78 is 0. The fraction of sp³-hybridized carbons (Fsp3) is 0.316. The standard InChI is InChI=1S/C19H24N2O.ClH/c1-3-17(14-15-10-6-4-7-11-15)21-18(22)19(2,20)16-12-8-5-9-13-16;/h4-13,17H,3,14,20H2,1-2H3,(H,21,22);1H. The summed E-state index contributed by atoms with van der Waals surface area (Å²) in [6.07, 6.45) is 1.68. The molecule has 0 aromatic heterocycles. The highest BCUT2D eigenvalue weighted by Gasteiger charge is 2.31. The summed E-state index contributed by atoms with van der Waals surface area (Å²) >= 11 is 0. The monoisotopic (exact) mass is 332 g/mol. The Labute approximate surface area is 144 Å². The van der Waals surface area contributed by atoms with Crippen molar-refractivity contribution in [3.05, 3.63) is 71.8 Å². The third-order valence-electron chi connectivity index (χ3n) is 4.00. The lowest BCUT2D eigenvalue weighted by Gasteiger charge is -2.27. The minimum absolute atomic E-state index is 0. The number of amides is 1. The topological polar surface area (TPSA) is 55.1 Å². The molecule has 0 aliphatic rings. The molecule has 0 heterocycles. The molecule has 0 radical (unpaired) electrons. The largest absolute Gasteiger partial charge is 0.351 e. The van der Waals surface area contributed by atoms with Gasteiger partial charge in [0.15, 0.2) is 0 Å². The first-order valence-electron chi connectivity index (χ1n) is 7.73. The molecule has 2 aromatic rings. The van der Waals surface area contributed by atoms with Gasteiger partial charge in [-0.25, -0.2) is 0 Å². The van der Waals surface area contributed by atoms with Crippen LogP contribution in [0.5, 0.6) is 0 Å². The van der Waals surface area contributed by atoms with Gasteiger partial charge in [0.05, 0.1) is 0 Å². The average molecular weight is 333 g/mol. The molecule has 124 valence electrons. The van der Waals surface area contributed by atoms with Crippen LogP contribution >= 0.6 is 12.4 Å². The third kappa shape index (κ3) is 5.08. The van der Waals surface area contributed by atoms with Crippen LogP contribution in [0.3, 0.4) is 0 Å². The Morgan fingerprint density at radius 2 is 1.61 bits per heavy atom. The quantitative estimate of drug-likeness (QED) is 0.851. The second-order valence-corrected chi connectivity index (χ2v) is 5.84. The summed E-state index contributed by atoms with van der Waals surface area (Å²) in [6, 6.07) is 19.8. The number of benzene rings is 2. The number of hydrogen-bond donors (Lipinski definition) is 2. The summed E-state index contributed by atoms with van der Waals surface area (Å²) in [4.78, 5) is 12.6. The molecule has 2 atom stereocenters. The summed E-state index contributed by atoms with van der Waals surface area (Å²) in [5.41, 5.74) is 7.28. The molecule has 2 rings (SSSR count). The Morgan fingerprint density at radius 3 is 2.13 bits per heavy atom. The summed E-state index contributed by atoms with van der Waals surface area (Å²) in [5, 5.41) is 3.09. The maximum Gasteiger partial charge on any atom is 0.244 e. The molecule has 0 saturated heterocycles. The van der Waals surface area contributed by atoms with Gasteiger partial charge < -0.3 is 11.1 Å². The highest BCUT2D eigenvalue weighted by atomic mass is 35.5. The van der Waals surface area contributed by atoms with E-state index >= 15 is 0 Å². The molecule has 0 fully saturated rings. The molecule has 23 heavy (non-hydrogen) atoms. The Morgan fingerprint density at radius 1 is 1.09 bits per heavy atom. The molecule has 0 saturated carbocycles. The van der Waals surface area contributed by atoms with Crippen molar-refractivity contribution in [2.45, 2.75) is 38.3 Å². The van der Waals surface area contributed by atoms with Crippen LogP contribution in [0.2, 0.25) is 0 Å². The lowest BCUT2D eigenvalue weighted by atomic mass is 9.91. The molecule has 0 aliphatic carbocycles. The predicted octanol–water partition coefficient (Wildman–Crippen LogP) is 3.42. The second kappa shape index (κ2) is 8.70. The number of halogens is 1. The van der Waals surface area contributed by atoms with Crippen molar-refractivity contribution in [2.75, 3.05) is 0 Å². The number of carbonyl (C=O) groups excluding carboxylic acids is 1. The Bertz CT molecular complexity index is 599. The van der Waals surface area contributed by atoms with Crippen LogP contribution in [0.1, 0.15) is 31.4 Å². The van der Waals surface area contributed by atoms with Gasteiger partial charge >= 0.3 is 0 Å². The Hall–Kier alpha value is -1.84. The molecular weight excluding hydrogens is 308 g/mol. The highest BCUT2D eigenvalue weighted by Crippen LogP contribution is 2.18. The zero-order chi connectivity index (χ0) is 16.0. The smallest absolute Gasteiger partial charge is 0.244 e. The van der Waals surface area contributed by atoms with E-state index in [1.165, 1.54) is 5.56 Å². The zero-order valence-electron chi connectivity index (χ0n) is 13.7. The van der Waals surface area contributed by atoms with E-state index in [4.69, 9.17) is 5.73 Å². The molecule has 0 aliphatic heterocycles. The van der Waals surface area contributed by atoms with E-state index in [1.807, 2.05) is 48.5 Å². The summed E-state index contributed by atoms with van der Waals surface area (Å²) in [6.45, 7) is 3.83. The van der Waals surface area contributed by atoms with E-state index in [0.29, 0.717) is 0 Å². The minimum atomic E-state index is -1.02. The number of nitrogens with one attached hydrogen (secondary N) is 1. The fourth-order valence-corrected chi connectivity index (χ4v) is 2.45. The van der Waals surface area contributed by atoms with Crippen LogP contribution in [0.4, 0.5) is 0 Å². The molecule has 1 amide bonds. The second-order valence-electron chi connectivity index (χ2n) is 5.84. The van der Waals surface area contributed by atoms with E-state index < -0.39 is 5.54 Å². The first-order valence-corrected chi connectivity index (χ1v) is 7.73. The number of hydrogen-bond acceptors (Lipinski definition) is 2. The first kappa shape index (κ1) is 19.2. The van der Waals surface area contributed by atoms with Crippen molar-refractivity contribution < 1.29 is 4.79 Å². The van der Waals surface area contributed by atoms with Crippen molar-refractivity contribution in [3.63, 3.8) is 0 Å². The molecule has 3 nitrogen and oxygen atoms in total. The first-order chi connectivity index (χ1) is 10.5. The van der Waals surface area contributed by atoms with Crippen LogP contribution in [0.25, 0.3) is 0 Å².